The number of benzene rings is 1. The summed E-state index contributed by atoms with van der Waals surface area (Å²) in [7, 11) is 0. The van der Waals surface area contributed by atoms with E-state index in [0.29, 0.717) is 17.2 Å². The van der Waals surface area contributed by atoms with Crippen LogP contribution in [0.2, 0.25) is 0 Å². The number of nitrogens with two attached hydrogens (primary N) is 1. The molecule has 5 nitrogen and oxygen atoms in total. The Morgan fingerprint density at radius 1 is 1.46 bits per heavy atom. The van der Waals surface area contributed by atoms with Crippen molar-refractivity contribution in [2.75, 3.05) is 6.54 Å². The number of hydroxylamine groups is 1. The number of alkyl halides is 3. The Morgan fingerprint density at radius 3 is 2.88 bits per heavy atom. The van der Waals surface area contributed by atoms with E-state index < -0.39 is 18.0 Å². The first-order valence-corrected chi connectivity index (χ1v) is 7.66. The van der Waals surface area contributed by atoms with E-state index in [4.69, 9.17) is 10.6 Å². The molecule has 2 heterocycles. The molecule has 1 fully saturated rings. The first kappa shape index (κ1) is 16.6. The van der Waals surface area contributed by atoms with Crippen molar-refractivity contribution in [3.05, 3.63) is 47.3 Å². The zero-order chi connectivity index (χ0) is 17.5. The summed E-state index contributed by atoms with van der Waals surface area (Å²) >= 11 is 0. The molecule has 2 aliphatic heterocycles. The molecule has 0 bridgehead atoms. The number of nitrogens with one attached hydrogen (secondary N) is 1. The summed E-state index contributed by atoms with van der Waals surface area (Å²) in [5.41, 5.74) is 8.25. The minimum Gasteiger partial charge on any atom is -0.386 e. The van der Waals surface area contributed by atoms with Gasteiger partial charge in [-0.2, -0.15) is 13.2 Å². The number of aliphatic imine (C=N–C) groups is 1. The van der Waals surface area contributed by atoms with E-state index in [1.807, 2.05) is 4.90 Å². The number of aryl methyl sites for hydroxylation is 1. The molecule has 2 aliphatic rings. The fourth-order valence-corrected chi connectivity index (χ4v) is 3.11. The second-order valence-corrected chi connectivity index (χ2v) is 6.01. The summed E-state index contributed by atoms with van der Waals surface area (Å²) in [6, 6.07) is 4.04. The molecule has 0 aliphatic carbocycles. The molecule has 1 saturated heterocycles. The standard InChI is InChI=1S/C16H19F3N4O/c1-9-5-6-11(8-12(9)16(17,18)19)14-21-15(24-22-14)13-4-3-7-23(13)10(2)20/h5-6,8,13,15H,2-4,7,20H2,1H3,(H,21,22). The van der Waals surface area contributed by atoms with Crippen molar-refractivity contribution in [2.24, 2.45) is 10.7 Å². The predicted molar refractivity (Wildman–Crippen MR) is 83.8 cm³/mol. The van der Waals surface area contributed by atoms with Gasteiger partial charge in [0.2, 0.25) is 0 Å². The molecule has 0 amide bonds. The van der Waals surface area contributed by atoms with Gasteiger partial charge >= 0.3 is 6.18 Å². The Morgan fingerprint density at radius 2 is 2.21 bits per heavy atom. The molecule has 3 rings (SSSR count). The van der Waals surface area contributed by atoms with Crippen molar-refractivity contribution in [3.63, 3.8) is 0 Å². The van der Waals surface area contributed by atoms with E-state index in [1.165, 1.54) is 13.0 Å². The highest BCUT2D eigenvalue weighted by atomic mass is 19.4. The number of likely N-dealkylation sites (tertiary alicyclic amines) is 1. The average Bonchev–Trinajstić information content (AvgIpc) is 3.15. The fraction of sp³-hybridized carbons (Fsp3) is 0.438. The molecule has 8 heteroatoms. The van der Waals surface area contributed by atoms with Crippen LogP contribution in [0.4, 0.5) is 13.2 Å². The highest BCUT2D eigenvalue weighted by molar-refractivity contribution is 5.99. The third-order valence-electron chi connectivity index (χ3n) is 4.35. The summed E-state index contributed by atoms with van der Waals surface area (Å²) in [6.07, 6.45) is -3.16. The van der Waals surface area contributed by atoms with Gasteiger partial charge < -0.3 is 10.6 Å². The Hall–Kier alpha value is -2.22. The second-order valence-electron chi connectivity index (χ2n) is 6.01. The van der Waals surface area contributed by atoms with Gasteiger partial charge in [0.1, 0.15) is 0 Å². The Balaban J connectivity index is 1.85. The lowest BCUT2D eigenvalue weighted by Gasteiger charge is -2.27. The maximum absolute atomic E-state index is 13.1. The largest absolute Gasteiger partial charge is 0.416 e. The van der Waals surface area contributed by atoms with Crippen LogP contribution < -0.4 is 11.2 Å². The van der Waals surface area contributed by atoms with Crippen LogP contribution in [-0.2, 0) is 11.0 Å². The highest BCUT2D eigenvalue weighted by Crippen LogP contribution is 2.33. The molecule has 0 radical (unpaired) electrons. The third-order valence-corrected chi connectivity index (χ3v) is 4.35. The minimum atomic E-state index is -4.40. The molecule has 3 N–H and O–H groups in total. The lowest BCUT2D eigenvalue weighted by molar-refractivity contribution is -0.138. The van der Waals surface area contributed by atoms with Crippen molar-refractivity contribution < 1.29 is 18.0 Å². The molecule has 0 spiro atoms. The van der Waals surface area contributed by atoms with Crippen LogP contribution >= 0.6 is 0 Å². The first-order valence-electron chi connectivity index (χ1n) is 7.66. The summed E-state index contributed by atoms with van der Waals surface area (Å²) in [4.78, 5) is 11.8. The van der Waals surface area contributed by atoms with Gasteiger partial charge in [0.15, 0.2) is 12.1 Å². The van der Waals surface area contributed by atoms with E-state index in [2.05, 4.69) is 17.1 Å². The zero-order valence-electron chi connectivity index (χ0n) is 13.2. The van der Waals surface area contributed by atoms with Gasteiger partial charge in [0.25, 0.3) is 0 Å². The number of hydrogen-bond acceptors (Lipinski definition) is 5. The summed E-state index contributed by atoms with van der Waals surface area (Å²) in [5.74, 6) is 0.736. The number of nitrogens with zero attached hydrogens (tertiary/aromatic N) is 2. The predicted octanol–water partition coefficient (Wildman–Crippen LogP) is 2.52. The lowest BCUT2D eigenvalue weighted by Crippen LogP contribution is -2.40. The third kappa shape index (κ3) is 3.06. The topological polar surface area (TPSA) is 62.9 Å². The van der Waals surface area contributed by atoms with Gasteiger partial charge in [0.05, 0.1) is 17.4 Å². The first-order chi connectivity index (χ1) is 11.3. The number of hydrogen-bond donors (Lipinski definition) is 2. The van der Waals surface area contributed by atoms with Crippen molar-refractivity contribution in [2.45, 2.75) is 38.2 Å². The van der Waals surface area contributed by atoms with Crippen molar-refractivity contribution >= 4 is 5.84 Å². The van der Waals surface area contributed by atoms with Crippen LogP contribution in [0.25, 0.3) is 0 Å². The molecule has 0 aromatic heterocycles. The Labute approximate surface area is 137 Å². The molecular weight excluding hydrogens is 321 g/mol. The van der Waals surface area contributed by atoms with E-state index in [9.17, 15) is 13.2 Å². The minimum absolute atomic E-state index is 0.0694. The maximum atomic E-state index is 13.1. The molecular formula is C16H19F3N4O. The average molecular weight is 340 g/mol. The van der Waals surface area contributed by atoms with E-state index in [-0.39, 0.29) is 11.6 Å². The van der Waals surface area contributed by atoms with Crippen LogP contribution in [0.1, 0.15) is 29.5 Å². The van der Waals surface area contributed by atoms with Gasteiger partial charge in [-0.25, -0.2) is 15.3 Å². The molecule has 2 atom stereocenters. The van der Waals surface area contributed by atoms with E-state index >= 15 is 0 Å². The highest BCUT2D eigenvalue weighted by Gasteiger charge is 2.37. The SMILES string of the molecule is C=C(N)N1CCCC1C1N=C(c2ccc(C)c(C(F)(F)F)c2)NO1. The maximum Gasteiger partial charge on any atom is 0.416 e. The fourth-order valence-electron chi connectivity index (χ4n) is 3.11. The van der Waals surface area contributed by atoms with Gasteiger partial charge in [-0.1, -0.05) is 18.7 Å². The molecule has 1 aromatic rings. The molecule has 1 aromatic carbocycles. The van der Waals surface area contributed by atoms with Crippen LogP contribution in [0, 0.1) is 6.92 Å². The summed E-state index contributed by atoms with van der Waals surface area (Å²) < 4.78 is 39.2. The van der Waals surface area contributed by atoms with Crippen molar-refractivity contribution in [1.82, 2.24) is 10.4 Å². The summed E-state index contributed by atoms with van der Waals surface area (Å²) in [6.45, 7) is 5.94. The molecule has 130 valence electrons. The normalized spacial score (nSPS) is 24.0. The monoisotopic (exact) mass is 340 g/mol. The van der Waals surface area contributed by atoms with E-state index in [1.54, 1.807) is 6.07 Å². The second kappa shape index (κ2) is 6.01. The van der Waals surface area contributed by atoms with E-state index in [0.717, 1.165) is 25.5 Å². The lowest BCUT2D eigenvalue weighted by atomic mass is 10.0. The number of halogens is 3. The molecule has 0 saturated carbocycles. The van der Waals surface area contributed by atoms with Crippen molar-refractivity contribution in [1.29, 1.82) is 0 Å². The van der Waals surface area contributed by atoms with Crippen LogP contribution in [0.3, 0.4) is 0 Å². The van der Waals surface area contributed by atoms with Gasteiger partial charge in [-0.05, 0) is 31.4 Å². The number of amidine groups is 1. The molecule has 24 heavy (non-hydrogen) atoms. The van der Waals surface area contributed by atoms with Gasteiger partial charge in [-0.3, -0.25) is 0 Å². The smallest absolute Gasteiger partial charge is 0.386 e. The quantitative estimate of drug-likeness (QED) is 0.888. The Bertz CT molecular complexity index is 686. The Kier molecular flexibility index (Phi) is 4.16. The van der Waals surface area contributed by atoms with Crippen LogP contribution in [0.5, 0.6) is 0 Å². The van der Waals surface area contributed by atoms with Gasteiger partial charge in [0, 0.05) is 12.1 Å². The number of rotatable bonds is 3. The zero-order valence-corrected chi connectivity index (χ0v) is 13.2. The van der Waals surface area contributed by atoms with Crippen LogP contribution in [0.15, 0.2) is 35.6 Å². The summed E-state index contributed by atoms with van der Waals surface area (Å²) in [5, 5.41) is 0. The van der Waals surface area contributed by atoms with Crippen LogP contribution in [-0.4, -0.2) is 29.6 Å². The van der Waals surface area contributed by atoms with Gasteiger partial charge in [-0.15, -0.1) is 0 Å². The van der Waals surface area contributed by atoms with Crippen molar-refractivity contribution in [3.8, 4) is 0 Å². The molecule has 2 unspecified atom stereocenters.